The lowest BCUT2D eigenvalue weighted by molar-refractivity contribution is 0.310. The van der Waals surface area contributed by atoms with Crippen LogP contribution in [-0.4, -0.2) is 92.4 Å². The summed E-state index contributed by atoms with van der Waals surface area (Å²) in [5, 5.41) is 36.7. The van der Waals surface area contributed by atoms with Crippen molar-refractivity contribution in [1.82, 2.24) is 29.9 Å². The highest BCUT2D eigenvalue weighted by molar-refractivity contribution is 7.86. The molecule has 24 heteroatoms. The van der Waals surface area contributed by atoms with Gasteiger partial charge in [-0.2, -0.15) is 46.7 Å². The highest BCUT2D eigenvalue weighted by Crippen LogP contribution is 2.30. The number of halogens is 2. The van der Waals surface area contributed by atoms with E-state index in [2.05, 4.69) is 61.8 Å². The first-order valence-corrected chi connectivity index (χ1v) is 21.0. The van der Waals surface area contributed by atoms with Crippen LogP contribution < -0.4 is 31.9 Å². The molecule has 2 aromatic heterocycles. The van der Waals surface area contributed by atoms with Gasteiger partial charge in [-0.3, -0.25) is 9.11 Å². The Morgan fingerprint density at radius 2 is 0.850 bits per heavy atom. The molecule has 20 nitrogen and oxygen atoms in total. The molecule has 0 saturated carbocycles. The van der Waals surface area contributed by atoms with Crippen LogP contribution in [0, 0.1) is 0 Å². The van der Waals surface area contributed by atoms with E-state index in [1.807, 2.05) is 0 Å². The number of aliphatic hydroxyl groups is 2. The van der Waals surface area contributed by atoms with Crippen LogP contribution >= 0.6 is 23.2 Å². The van der Waals surface area contributed by atoms with Gasteiger partial charge in [0, 0.05) is 24.5 Å². The first-order valence-electron chi connectivity index (χ1n) is 17.4. The van der Waals surface area contributed by atoms with Crippen molar-refractivity contribution in [2.75, 3.05) is 58.2 Å². The second-order valence-electron chi connectivity index (χ2n) is 12.2. The number of rotatable bonds is 18. The summed E-state index contributed by atoms with van der Waals surface area (Å²) in [5.41, 5.74) is 1.10. The number of para-hydroxylation sites is 2. The molecule has 0 amide bonds. The van der Waals surface area contributed by atoms with Gasteiger partial charge in [-0.1, -0.05) is 71.8 Å². The third-order valence-corrected chi connectivity index (χ3v) is 10.3. The van der Waals surface area contributed by atoms with E-state index >= 15 is 0 Å². The molecule has 0 fully saturated rings. The molecule has 0 radical (unpaired) electrons. The average Bonchev–Trinajstić information content (AvgIpc) is 3.20. The predicted molar refractivity (Wildman–Crippen MR) is 228 cm³/mol. The Morgan fingerprint density at radius 1 is 0.500 bits per heavy atom. The van der Waals surface area contributed by atoms with Crippen LogP contribution in [0.5, 0.6) is 0 Å². The lowest BCUT2D eigenvalue weighted by Gasteiger charge is -2.13. The molecule has 6 aromatic rings. The summed E-state index contributed by atoms with van der Waals surface area (Å²) in [4.78, 5) is 24.5. The maximum absolute atomic E-state index is 12.6. The molecule has 4 aromatic carbocycles. The topological polar surface area (TPSA) is 299 Å². The SMILES string of the molecule is O=S(=O)(O)c1cc(Nc2nc(NCCO)nc(Nc3ccccc3Cl)n2)ccc1/C=C/c1ccc(Nc2nc(NCCO)nc(Nc3ccccc3Cl)n2)cc1S(=O)(=O)O. The van der Waals surface area contributed by atoms with Crippen molar-refractivity contribution in [2.45, 2.75) is 9.79 Å². The number of nitrogens with zero attached hydrogens (tertiary/aromatic N) is 6. The molecule has 0 aliphatic rings. The van der Waals surface area contributed by atoms with Gasteiger partial charge in [0.05, 0.1) is 34.6 Å². The summed E-state index contributed by atoms with van der Waals surface area (Å²) in [7, 11) is -9.76. The Balaban J connectivity index is 1.28. The summed E-state index contributed by atoms with van der Waals surface area (Å²) in [6.45, 7) is -0.236. The van der Waals surface area contributed by atoms with Gasteiger partial charge in [0.15, 0.2) is 0 Å². The lowest BCUT2D eigenvalue weighted by atomic mass is 10.1. The van der Waals surface area contributed by atoms with Crippen molar-refractivity contribution in [3.05, 3.63) is 106 Å². The number of hydrogen-bond acceptors (Lipinski definition) is 18. The van der Waals surface area contributed by atoms with Crippen molar-refractivity contribution < 1.29 is 36.2 Å². The summed E-state index contributed by atoms with van der Waals surface area (Å²) < 4.78 is 70.8. The zero-order valence-electron chi connectivity index (χ0n) is 30.7. The molecular weight excluding hydrogens is 864 g/mol. The zero-order valence-corrected chi connectivity index (χ0v) is 33.9. The molecule has 6 rings (SSSR count). The van der Waals surface area contributed by atoms with Crippen molar-refractivity contribution in [3.63, 3.8) is 0 Å². The Morgan fingerprint density at radius 3 is 1.20 bits per heavy atom. The minimum Gasteiger partial charge on any atom is -0.395 e. The quantitative estimate of drug-likeness (QED) is 0.0359. The van der Waals surface area contributed by atoms with Crippen LogP contribution in [0.4, 0.5) is 58.4 Å². The van der Waals surface area contributed by atoms with Gasteiger partial charge in [-0.15, -0.1) is 0 Å². The van der Waals surface area contributed by atoms with E-state index in [0.29, 0.717) is 21.4 Å². The van der Waals surface area contributed by atoms with E-state index in [1.165, 1.54) is 36.4 Å². The number of aromatic nitrogens is 6. The average molecular weight is 898 g/mol. The third kappa shape index (κ3) is 11.7. The summed E-state index contributed by atoms with van der Waals surface area (Å²) in [6, 6.07) is 21.4. The highest BCUT2D eigenvalue weighted by atomic mass is 35.5. The maximum Gasteiger partial charge on any atom is 0.295 e. The molecular formula is C36H34Cl2N12O8S2. The zero-order chi connectivity index (χ0) is 42.9. The largest absolute Gasteiger partial charge is 0.395 e. The van der Waals surface area contributed by atoms with Crippen molar-refractivity contribution in [2.24, 2.45) is 0 Å². The van der Waals surface area contributed by atoms with E-state index in [4.69, 9.17) is 23.2 Å². The third-order valence-electron chi connectivity index (χ3n) is 7.84. The highest BCUT2D eigenvalue weighted by Gasteiger charge is 2.19. The monoisotopic (exact) mass is 896 g/mol. The van der Waals surface area contributed by atoms with Crippen LogP contribution in [-0.2, 0) is 20.2 Å². The summed E-state index contributed by atoms with van der Waals surface area (Å²) in [5.74, 6) is 0.108. The molecule has 0 saturated heterocycles. The fourth-order valence-electron chi connectivity index (χ4n) is 5.22. The number of aliphatic hydroxyl groups excluding tert-OH is 2. The van der Waals surface area contributed by atoms with Gasteiger partial charge in [0.2, 0.25) is 35.7 Å². The number of hydrogen-bond donors (Lipinski definition) is 10. The number of anilines is 10. The van der Waals surface area contributed by atoms with Crippen molar-refractivity contribution >= 4 is 114 Å². The van der Waals surface area contributed by atoms with Crippen molar-refractivity contribution in [3.8, 4) is 0 Å². The van der Waals surface area contributed by atoms with Gasteiger partial charge >= 0.3 is 0 Å². The molecule has 0 aliphatic carbocycles. The fourth-order valence-corrected chi connectivity index (χ4v) is 7.00. The van der Waals surface area contributed by atoms with Crippen LogP contribution in [0.2, 0.25) is 10.0 Å². The second-order valence-corrected chi connectivity index (χ2v) is 15.8. The molecule has 2 heterocycles. The van der Waals surface area contributed by atoms with E-state index < -0.39 is 30.0 Å². The Hall–Kier alpha value is -6.24. The molecule has 0 atom stereocenters. The van der Waals surface area contributed by atoms with E-state index in [0.717, 1.165) is 12.1 Å². The van der Waals surface area contributed by atoms with E-state index in [-0.39, 0.29) is 84.5 Å². The van der Waals surface area contributed by atoms with Gasteiger partial charge in [-0.05, 0) is 59.7 Å². The summed E-state index contributed by atoms with van der Waals surface area (Å²) in [6.07, 6.45) is 2.46. The van der Waals surface area contributed by atoms with E-state index in [9.17, 15) is 36.2 Å². The number of nitrogens with one attached hydrogen (secondary N) is 6. The van der Waals surface area contributed by atoms with Gasteiger partial charge in [0.25, 0.3) is 20.2 Å². The van der Waals surface area contributed by atoms with Crippen molar-refractivity contribution in [1.29, 1.82) is 0 Å². The smallest absolute Gasteiger partial charge is 0.295 e. The molecule has 0 bridgehead atoms. The first kappa shape index (κ1) is 43.3. The van der Waals surface area contributed by atoms with Gasteiger partial charge in [0.1, 0.15) is 9.79 Å². The molecule has 0 aliphatic heterocycles. The second kappa shape index (κ2) is 19.2. The normalized spacial score (nSPS) is 11.6. The Labute approximate surface area is 352 Å². The predicted octanol–water partition coefficient (Wildman–Crippen LogP) is 5.81. The molecule has 312 valence electrons. The van der Waals surface area contributed by atoms with Crippen LogP contribution in [0.15, 0.2) is 94.7 Å². The fraction of sp³-hybridized carbons (Fsp3) is 0.111. The van der Waals surface area contributed by atoms with Gasteiger partial charge in [-0.25, -0.2) is 0 Å². The molecule has 60 heavy (non-hydrogen) atoms. The summed E-state index contributed by atoms with van der Waals surface area (Å²) >= 11 is 12.5. The first-order chi connectivity index (χ1) is 28.7. The Bertz CT molecular complexity index is 2580. The number of benzene rings is 4. The van der Waals surface area contributed by atoms with Crippen LogP contribution in [0.3, 0.4) is 0 Å². The molecule has 0 unspecified atom stereocenters. The standard InChI is InChI=1S/C36H34Cl2N12O8S2/c37-25-5-1-3-7-27(25)43-35-47-31(39-15-17-51)45-33(49-35)41-23-13-11-21(29(19-23)59(53,54)55)9-10-22-12-14-24(20-30(22)60(56,57)58)42-34-46-32(40-16-18-52)48-36(50-34)44-28-8-4-2-6-26(28)38/h1-14,19-20,51-52H,15-18H2,(H,53,54,55)(H,56,57,58)(H3,39,41,43,45,47,49)(H3,40,42,44,46,48,50)/b10-9+. The van der Waals surface area contributed by atoms with Gasteiger partial charge < -0.3 is 42.1 Å². The Kier molecular flexibility index (Phi) is 13.9. The van der Waals surface area contributed by atoms with Crippen LogP contribution in [0.1, 0.15) is 11.1 Å². The molecule has 0 spiro atoms. The minimum atomic E-state index is -4.88. The minimum absolute atomic E-state index is 0.0507. The lowest BCUT2D eigenvalue weighted by Crippen LogP contribution is -2.12. The van der Waals surface area contributed by atoms with Crippen LogP contribution in [0.25, 0.3) is 12.2 Å². The maximum atomic E-state index is 12.6. The molecule has 10 N–H and O–H groups in total. The van der Waals surface area contributed by atoms with E-state index in [1.54, 1.807) is 48.5 Å².